The van der Waals surface area contributed by atoms with Gasteiger partial charge in [-0.2, -0.15) is 8.78 Å². The van der Waals surface area contributed by atoms with Crippen molar-refractivity contribution in [1.82, 2.24) is 5.32 Å². The number of nitrogens with one attached hydrogen (secondary N) is 1. The largest absolute Gasteiger partial charge is 0.345 e. The second-order valence-electron chi connectivity index (χ2n) is 5.94. The molecule has 4 nitrogen and oxygen atoms in total. The van der Waals surface area contributed by atoms with E-state index in [1.165, 1.54) is 12.1 Å². The Morgan fingerprint density at radius 3 is 2.00 bits per heavy atom. The van der Waals surface area contributed by atoms with Gasteiger partial charge in [0.25, 0.3) is 5.91 Å². The van der Waals surface area contributed by atoms with Crippen molar-refractivity contribution in [2.45, 2.75) is 30.5 Å². The van der Waals surface area contributed by atoms with E-state index in [4.69, 9.17) is 0 Å². The van der Waals surface area contributed by atoms with Crippen LogP contribution < -0.4 is 5.32 Å². The Bertz CT molecular complexity index is 819. The molecule has 0 aromatic heterocycles. The summed E-state index contributed by atoms with van der Waals surface area (Å²) in [7, 11) is -4.66. The van der Waals surface area contributed by atoms with Crippen LogP contribution in [0.25, 0.3) is 0 Å². The van der Waals surface area contributed by atoms with Crippen LogP contribution in [0.2, 0.25) is 0 Å². The van der Waals surface area contributed by atoms with Gasteiger partial charge < -0.3 is 5.32 Å². The third-order valence-electron chi connectivity index (χ3n) is 3.79. The number of carbonyl (C=O) groups excluding carboxylic acids is 1. The van der Waals surface area contributed by atoms with Crippen LogP contribution >= 0.6 is 0 Å². The Balaban J connectivity index is 2.20. The third-order valence-corrected chi connectivity index (χ3v) is 5.19. The van der Waals surface area contributed by atoms with E-state index in [2.05, 4.69) is 5.32 Å². The van der Waals surface area contributed by atoms with E-state index in [1.54, 1.807) is 0 Å². The molecule has 0 saturated heterocycles. The molecule has 0 radical (unpaired) electrons. The van der Waals surface area contributed by atoms with Gasteiger partial charge in [-0.3, -0.25) is 4.79 Å². The molecule has 0 aliphatic heterocycles. The van der Waals surface area contributed by atoms with Crippen LogP contribution in [-0.4, -0.2) is 20.1 Å². The van der Waals surface area contributed by atoms with Crippen molar-refractivity contribution in [2.24, 2.45) is 5.92 Å². The molecule has 1 N–H and O–H groups in total. The molecule has 0 bridgehead atoms. The quantitative estimate of drug-likeness (QED) is 0.844. The fourth-order valence-corrected chi connectivity index (χ4v) is 3.14. The minimum absolute atomic E-state index is 0.129. The minimum Gasteiger partial charge on any atom is -0.345 e. The Morgan fingerprint density at radius 2 is 1.52 bits per heavy atom. The molecule has 25 heavy (non-hydrogen) atoms. The maximum atomic E-state index is 12.5. The average molecular weight is 367 g/mol. The second-order valence-corrected chi connectivity index (χ2v) is 7.85. The molecular formula is C18H19F2NO3S. The first-order chi connectivity index (χ1) is 11.7. The molecule has 0 saturated carbocycles. The van der Waals surface area contributed by atoms with Gasteiger partial charge in [-0.05, 0) is 35.7 Å². The highest BCUT2D eigenvalue weighted by atomic mass is 32.2. The van der Waals surface area contributed by atoms with Crippen LogP contribution in [0.15, 0.2) is 59.5 Å². The summed E-state index contributed by atoms with van der Waals surface area (Å²) in [6, 6.07) is 13.7. The zero-order chi connectivity index (χ0) is 18.6. The summed E-state index contributed by atoms with van der Waals surface area (Å²) in [5.74, 6) is -3.76. The maximum Gasteiger partial charge on any atom is 0.341 e. The summed E-state index contributed by atoms with van der Waals surface area (Å²) in [6.07, 6.45) is 0. The molecule has 1 atom stereocenters. The van der Waals surface area contributed by atoms with Crippen molar-refractivity contribution in [2.75, 3.05) is 0 Å². The van der Waals surface area contributed by atoms with Crippen LogP contribution in [0.5, 0.6) is 0 Å². The number of hydrogen-bond donors (Lipinski definition) is 1. The minimum atomic E-state index is -4.66. The number of alkyl halides is 2. The molecule has 2 rings (SSSR count). The maximum absolute atomic E-state index is 12.5. The van der Waals surface area contributed by atoms with Crippen LogP contribution in [0.3, 0.4) is 0 Å². The molecule has 7 heteroatoms. The van der Waals surface area contributed by atoms with E-state index >= 15 is 0 Å². The molecule has 0 fully saturated rings. The summed E-state index contributed by atoms with van der Waals surface area (Å²) in [5.41, 5.74) is 1.15. The number of sulfone groups is 1. The summed E-state index contributed by atoms with van der Waals surface area (Å²) in [6.45, 7) is 3.94. The summed E-state index contributed by atoms with van der Waals surface area (Å²) in [5, 5.41) is 2.89. The lowest BCUT2D eigenvalue weighted by molar-refractivity contribution is 0.0925. The predicted octanol–water partition coefficient (Wildman–Crippen LogP) is 3.81. The number of rotatable bonds is 6. The van der Waals surface area contributed by atoms with E-state index in [1.807, 2.05) is 44.2 Å². The smallest absolute Gasteiger partial charge is 0.341 e. The van der Waals surface area contributed by atoms with Gasteiger partial charge in [-0.1, -0.05) is 44.2 Å². The van der Waals surface area contributed by atoms with Gasteiger partial charge in [0.15, 0.2) is 0 Å². The van der Waals surface area contributed by atoms with Crippen LogP contribution in [0, 0.1) is 5.92 Å². The Kier molecular flexibility index (Phi) is 5.89. The Hall–Kier alpha value is -2.28. The summed E-state index contributed by atoms with van der Waals surface area (Å²) >= 11 is 0. The van der Waals surface area contributed by atoms with Crippen LogP contribution in [-0.2, 0) is 9.84 Å². The van der Waals surface area contributed by atoms with E-state index in [0.717, 1.165) is 17.7 Å². The van der Waals surface area contributed by atoms with Crippen molar-refractivity contribution in [1.29, 1.82) is 0 Å². The van der Waals surface area contributed by atoms with Gasteiger partial charge in [0.2, 0.25) is 9.84 Å². The Morgan fingerprint density at radius 1 is 0.960 bits per heavy atom. The number of hydrogen-bond acceptors (Lipinski definition) is 3. The molecule has 134 valence electrons. The van der Waals surface area contributed by atoms with Gasteiger partial charge in [0, 0.05) is 5.56 Å². The molecule has 2 aromatic rings. The lowest BCUT2D eigenvalue weighted by Crippen LogP contribution is -2.31. The molecule has 0 aliphatic carbocycles. The molecule has 1 amide bonds. The number of halogens is 2. The van der Waals surface area contributed by atoms with Crippen molar-refractivity contribution in [3.8, 4) is 0 Å². The molecule has 0 unspecified atom stereocenters. The van der Waals surface area contributed by atoms with Gasteiger partial charge in [-0.15, -0.1) is 0 Å². The molecular weight excluding hydrogens is 348 g/mol. The average Bonchev–Trinajstić information content (AvgIpc) is 2.59. The zero-order valence-electron chi connectivity index (χ0n) is 13.8. The highest BCUT2D eigenvalue weighted by Crippen LogP contribution is 2.23. The first kappa shape index (κ1) is 19.1. The number of carbonyl (C=O) groups is 1. The van der Waals surface area contributed by atoms with Crippen molar-refractivity contribution < 1.29 is 22.0 Å². The molecule has 2 aromatic carbocycles. The monoisotopic (exact) mass is 367 g/mol. The first-order valence-corrected chi connectivity index (χ1v) is 9.26. The third kappa shape index (κ3) is 4.42. The van der Waals surface area contributed by atoms with E-state index < -0.39 is 26.4 Å². The lowest BCUT2D eigenvalue weighted by Gasteiger charge is -2.23. The topological polar surface area (TPSA) is 63.2 Å². The Labute approximate surface area is 145 Å². The van der Waals surface area contributed by atoms with Crippen molar-refractivity contribution >= 4 is 15.7 Å². The summed E-state index contributed by atoms with van der Waals surface area (Å²) < 4.78 is 47.9. The first-order valence-electron chi connectivity index (χ1n) is 7.71. The van der Waals surface area contributed by atoms with E-state index in [9.17, 15) is 22.0 Å². The second kappa shape index (κ2) is 7.74. The molecule has 0 aliphatic rings. The number of benzene rings is 2. The standard InChI is InChI=1S/C18H19F2NO3S/c1-12(2)16(13-6-4-3-5-7-13)21-17(22)14-8-10-15(11-9-14)25(23,24)18(19)20/h3-12,16,18H,1-2H3,(H,21,22)/t16-/m0/s1. The highest BCUT2D eigenvalue weighted by molar-refractivity contribution is 7.91. The molecule has 0 heterocycles. The lowest BCUT2D eigenvalue weighted by atomic mass is 9.95. The number of amides is 1. The normalized spacial score (nSPS) is 13.0. The highest BCUT2D eigenvalue weighted by Gasteiger charge is 2.26. The molecule has 0 spiro atoms. The van der Waals surface area contributed by atoms with Gasteiger partial charge in [0.1, 0.15) is 0 Å². The van der Waals surface area contributed by atoms with Gasteiger partial charge in [0.05, 0.1) is 10.9 Å². The van der Waals surface area contributed by atoms with Crippen molar-refractivity contribution in [3.63, 3.8) is 0 Å². The predicted molar refractivity (Wildman–Crippen MR) is 91.1 cm³/mol. The van der Waals surface area contributed by atoms with Crippen LogP contribution in [0.4, 0.5) is 8.78 Å². The fraction of sp³-hybridized carbons (Fsp3) is 0.278. The van der Waals surface area contributed by atoms with Gasteiger partial charge >= 0.3 is 5.76 Å². The van der Waals surface area contributed by atoms with E-state index in [-0.39, 0.29) is 17.5 Å². The zero-order valence-corrected chi connectivity index (χ0v) is 14.6. The summed E-state index contributed by atoms with van der Waals surface area (Å²) in [4.78, 5) is 11.9. The van der Waals surface area contributed by atoms with Crippen LogP contribution in [0.1, 0.15) is 35.8 Å². The van der Waals surface area contributed by atoms with E-state index in [0.29, 0.717) is 0 Å². The van der Waals surface area contributed by atoms with Gasteiger partial charge in [-0.25, -0.2) is 8.42 Å². The SMILES string of the molecule is CC(C)[C@H](NC(=O)c1ccc(S(=O)(=O)C(F)F)cc1)c1ccccc1. The fourth-order valence-electron chi connectivity index (χ4n) is 2.42. The van der Waals surface area contributed by atoms with Crippen molar-refractivity contribution in [3.05, 3.63) is 65.7 Å².